The summed E-state index contributed by atoms with van der Waals surface area (Å²) in [5, 5.41) is 0. The Morgan fingerprint density at radius 1 is 1.00 bits per heavy atom. The largest absolute Gasteiger partial charge is 0.428 e. The van der Waals surface area contributed by atoms with Gasteiger partial charge in [0.1, 0.15) is 0 Å². The van der Waals surface area contributed by atoms with Crippen molar-refractivity contribution >= 4 is 0 Å². The maximum atomic E-state index is 11.9. The number of rotatable bonds is 0. The highest BCUT2D eigenvalue weighted by Crippen LogP contribution is 2.56. The normalized spacial score (nSPS) is 47.4. The van der Waals surface area contributed by atoms with Crippen LogP contribution in [0.3, 0.4) is 0 Å². The van der Waals surface area contributed by atoms with E-state index in [1.165, 1.54) is 0 Å². The van der Waals surface area contributed by atoms with Gasteiger partial charge < -0.3 is 0 Å². The van der Waals surface area contributed by atoms with Gasteiger partial charge in [0.15, 0.2) is 12.3 Å². The lowest BCUT2D eigenvalue weighted by Gasteiger charge is -2.08. The molecule has 6 heteroatoms. The Bertz CT molecular complexity index is 140. The fraction of sp³-hybridized carbons (Fsp3) is 1.00. The molecule has 0 aliphatic heterocycles. The average molecular weight is 164 g/mol. The quantitative estimate of drug-likeness (QED) is 0.480. The summed E-state index contributed by atoms with van der Waals surface area (Å²) in [7, 11) is 0. The zero-order chi connectivity index (χ0) is 8.15. The third kappa shape index (κ3) is 0.644. The first-order chi connectivity index (χ1) is 4.32. The minimum Gasteiger partial charge on any atom is -0.240 e. The highest BCUT2D eigenvalue weighted by molar-refractivity contribution is 5.20. The van der Waals surface area contributed by atoms with E-state index in [4.69, 9.17) is 0 Å². The Hall–Kier alpha value is -0.420. The average Bonchev–Trinajstić information content (AvgIpc) is 2.19. The van der Waals surface area contributed by atoms with E-state index >= 15 is 0 Å². The summed E-state index contributed by atoms with van der Waals surface area (Å²) in [4.78, 5) is 0. The molecular weight excluding hydrogens is 162 g/mol. The van der Waals surface area contributed by atoms with Crippen LogP contribution >= 0.6 is 0 Å². The lowest BCUT2D eigenvalue weighted by atomic mass is 10.4. The molecular formula is C4H2F6. The molecule has 2 unspecified atom stereocenters. The summed E-state index contributed by atoms with van der Waals surface area (Å²) in [6.07, 6.45) is -11.5. The van der Waals surface area contributed by atoms with Crippen molar-refractivity contribution in [2.24, 2.45) is 0 Å². The van der Waals surface area contributed by atoms with Crippen molar-refractivity contribution in [1.82, 2.24) is 0 Å². The molecule has 2 atom stereocenters. The summed E-state index contributed by atoms with van der Waals surface area (Å²) in [5.41, 5.74) is -4.23. The number of hydrogen-bond donors (Lipinski definition) is 0. The zero-order valence-corrected chi connectivity index (χ0v) is 4.42. The standard InChI is InChI=1S/C4H2F6/c5-1-2(6)3(1,7)4(8,9)10/h1-2H. The lowest BCUT2D eigenvalue weighted by Crippen LogP contribution is -2.30. The van der Waals surface area contributed by atoms with Gasteiger partial charge in [-0.1, -0.05) is 0 Å². The van der Waals surface area contributed by atoms with E-state index in [0.29, 0.717) is 0 Å². The van der Waals surface area contributed by atoms with Gasteiger partial charge in [0.2, 0.25) is 0 Å². The van der Waals surface area contributed by atoms with E-state index in [1.807, 2.05) is 0 Å². The summed E-state index contributed by atoms with van der Waals surface area (Å²) in [5.74, 6) is 0. The van der Waals surface area contributed by atoms with Crippen LogP contribution in [0.2, 0.25) is 0 Å². The second kappa shape index (κ2) is 1.60. The van der Waals surface area contributed by atoms with Crippen LogP contribution in [0.1, 0.15) is 0 Å². The molecule has 0 spiro atoms. The van der Waals surface area contributed by atoms with Gasteiger partial charge in [0, 0.05) is 0 Å². The molecule has 0 nitrogen and oxygen atoms in total. The van der Waals surface area contributed by atoms with E-state index < -0.39 is 24.2 Å². The Labute approximate surface area is 51.8 Å². The third-order valence-electron chi connectivity index (χ3n) is 1.38. The van der Waals surface area contributed by atoms with E-state index in [-0.39, 0.29) is 0 Å². The van der Waals surface area contributed by atoms with Crippen molar-refractivity contribution < 1.29 is 26.3 Å². The Balaban J connectivity index is 2.75. The Morgan fingerprint density at radius 2 is 1.30 bits per heavy atom. The Morgan fingerprint density at radius 3 is 1.30 bits per heavy atom. The van der Waals surface area contributed by atoms with E-state index in [9.17, 15) is 26.3 Å². The number of halogens is 6. The predicted molar refractivity (Wildman–Crippen MR) is 19.7 cm³/mol. The van der Waals surface area contributed by atoms with Gasteiger partial charge in [-0.2, -0.15) is 13.2 Å². The van der Waals surface area contributed by atoms with Gasteiger partial charge in [0.25, 0.3) is 5.67 Å². The predicted octanol–water partition coefficient (Wildman–Crippen LogP) is 1.95. The fourth-order valence-electron chi connectivity index (χ4n) is 0.593. The van der Waals surface area contributed by atoms with Gasteiger partial charge in [-0.05, 0) is 0 Å². The summed E-state index contributed by atoms with van der Waals surface area (Å²) in [6, 6.07) is 0. The molecule has 1 fully saturated rings. The molecule has 10 heavy (non-hydrogen) atoms. The van der Waals surface area contributed by atoms with E-state index in [0.717, 1.165) is 0 Å². The topological polar surface area (TPSA) is 0 Å². The summed E-state index contributed by atoms with van der Waals surface area (Å²) < 4.78 is 68.9. The molecule has 0 bridgehead atoms. The van der Waals surface area contributed by atoms with Crippen molar-refractivity contribution in [1.29, 1.82) is 0 Å². The van der Waals surface area contributed by atoms with Gasteiger partial charge in [-0.15, -0.1) is 0 Å². The molecule has 0 aromatic carbocycles. The van der Waals surface area contributed by atoms with Crippen LogP contribution in [-0.2, 0) is 0 Å². The molecule has 0 heterocycles. The molecule has 1 rings (SSSR count). The molecule has 0 saturated heterocycles. The smallest absolute Gasteiger partial charge is 0.240 e. The van der Waals surface area contributed by atoms with Crippen LogP contribution < -0.4 is 0 Å². The van der Waals surface area contributed by atoms with Crippen LogP contribution in [0.4, 0.5) is 26.3 Å². The maximum absolute atomic E-state index is 11.9. The number of alkyl halides is 6. The monoisotopic (exact) mass is 164 g/mol. The minimum absolute atomic E-state index is 3.03. The minimum atomic E-state index is -5.42. The Kier molecular flexibility index (Phi) is 1.23. The highest BCUT2D eigenvalue weighted by atomic mass is 19.4. The first-order valence-corrected chi connectivity index (χ1v) is 2.35. The SMILES string of the molecule is FC1C(F)C1(F)C(F)(F)F. The molecule has 1 aliphatic carbocycles. The van der Waals surface area contributed by atoms with Gasteiger partial charge in [0.05, 0.1) is 0 Å². The van der Waals surface area contributed by atoms with Crippen LogP contribution in [0.15, 0.2) is 0 Å². The maximum Gasteiger partial charge on any atom is 0.428 e. The first-order valence-electron chi connectivity index (χ1n) is 2.35. The second-order valence-corrected chi connectivity index (χ2v) is 2.07. The molecule has 0 N–H and O–H groups in total. The van der Waals surface area contributed by atoms with E-state index in [1.54, 1.807) is 0 Å². The van der Waals surface area contributed by atoms with Crippen molar-refractivity contribution in [3.05, 3.63) is 0 Å². The van der Waals surface area contributed by atoms with Gasteiger partial charge >= 0.3 is 6.18 Å². The molecule has 1 aliphatic rings. The van der Waals surface area contributed by atoms with Gasteiger partial charge in [-0.25, -0.2) is 13.2 Å². The molecule has 0 aromatic heterocycles. The van der Waals surface area contributed by atoms with E-state index in [2.05, 4.69) is 0 Å². The van der Waals surface area contributed by atoms with Crippen molar-refractivity contribution in [3.63, 3.8) is 0 Å². The lowest BCUT2D eigenvalue weighted by molar-refractivity contribution is -0.202. The molecule has 0 amide bonds. The fourth-order valence-corrected chi connectivity index (χ4v) is 0.593. The third-order valence-corrected chi connectivity index (χ3v) is 1.38. The second-order valence-electron chi connectivity index (χ2n) is 2.07. The zero-order valence-electron chi connectivity index (χ0n) is 4.42. The van der Waals surface area contributed by atoms with Gasteiger partial charge in [-0.3, -0.25) is 0 Å². The van der Waals surface area contributed by atoms with Crippen LogP contribution in [-0.4, -0.2) is 24.2 Å². The van der Waals surface area contributed by atoms with Crippen LogP contribution in [0.25, 0.3) is 0 Å². The summed E-state index contributed by atoms with van der Waals surface area (Å²) >= 11 is 0. The summed E-state index contributed by atoms with van der Waals surface area (Å²) in [6.45, 7) is 0. The molecule has 1 saturated carbocycles. The van der Waals surface area contributed by atoms with Crippen molar-refractivity contribution in [2.75, 3.05) is 0 Å². The number of hydrogen-bond acceptors (Lipinski definition) is 0. The first kappa shape index (κ1) is 7.68. The van der Waals surface area contributed by atoms with Crippen LogP contribution in [0.5, 0.6) is 0 Å². The van der Waals surface area contributed by atoms with Crippen molar-refractivity contribution in [2.45, 2.75) is 24.2 Å². The molecule has 60 valence electrons. The van der Waals surface area contributed by atoms with Crippen LogP contribution in [0, 0.1) is 0 Å². The molecule has 0 aromatic rings. The highest BCUT2D eigenvalue weighted by Gasteiger charge is 2.83. The van der Waals surface area contributed by atoms with Crippen molar-refractivity contribution in [3.8, 4) is 0 Å². The molecule has 0 radical (unpaired) electrons.